The first-order valence-corrected chi connectivity index (χ1v) is 6.30. The van der Waals surface area contributed by atoms with Crippen LogP contribution < -0.4 is 5.32 Å². The Kier molecular flexibility index (Phi) is 4.02. The number of hydrogen-bond donors (Lipinski definition) is 1. The Morgan fingerprint density at radius 2 is 2.05 bits per heavy atom. The topological polar surface area (TPSA) is 46.9 Å². The van der Waals surface area contributed by atoms with E-state index >= 15 is 0 Å². The summed E-state index contributed by atoms with van der Waals surface area (Å²) >= 11 is 0. The van der Waals surface area contributed by atoms with Crippen LogP contribution in [-0.2, 0) is 6.18 Å². The Morgan fingerprint density at radius 1 is 1.33 bits per heavy atom. The van der Waals surface area contributed by atoms with Gasteiger partial charge in [0.2, 0.25) is 0 Å². The van der Waals surface area contributed by atoms with Gasteiger partial charge in [0.25, 0.3) is 5.91 Å². The molecule has 2 rings (SSSR count). The van der Waals surface area contributed by atoms with Crippen LogP contribution >= 0.6 is 0 Å². The molecule has 0 saturated heterocycles. The normalized spacial score (nSPS) is 11.7. The van der Waals surface area contributed by atoms with Crippen molar-refractivity contribution in [2.75, 3.05) is 0 Å². The van der Waals surface area contributed by atoms with Crippen LogP contribution in [0.4, 0.5) is 13.2 Å². The average Bonchev–Trinajstić information content (AvgIpc) is 2.86. The standard InChI is InChI=1S/C14H14F3N3O/c1-9(2)19-13(21)12-7-20(8-18-12)11-5-3-4-10(6-11)14(15,16)17/h3-9H,1-2H3,(H,19,21). The summed E-state index contributed by atoms with van der Waals surface area (Å²) in [5.41, 5.74) is -0.302. The second-order valence-electron chi connectivity index (χ2n) is 4.84. The zero-order valence-electron chi connectivity index (χ0n) is 11.5. The number of halogens is 3. The smallest absolute Gasteiger partial charge is 0.348 e. The fourth-order valence-corrected chi connectivity index (χ4v) is 1.76. The van der Waals surface area contributed by atoms with E-state index in [1.807, 2.05) is 13.8 Å². The summed E-state index contributed by atoms with van der Waals surface area (Å²) in [6.07, 6.45) is -1.70. The van der Waals surface area contributed by atoms with Crippen molar-refractivity contribution in [2.45, 2.75) is 26.1 Å². The monoisotopic (exact) mass is 297 g/mol. The molecule has 0 aliphatic heterocycles. The summed E-state index contributed by atoms with van der Waals surface area (Å²) in [6.45, 7) is 3.61. The molecule has 1 aromatic carbocycles. The molecule has 0 spiro atoms. The minimum atomic E-state index is -4.41. The Balaban J connectivity index is 2.28. The molecule has 0 aliphatic carbocycles. The van der Waals surface area contributed by atoms with Crippen molar-refractivity contribution in [3.8, 4) is 5.69 Å². The number of amides is 1. The van der Waals surface area contributed by atoms with Gasteiger partial charge in [0, 0.05) is 17.9 Å². The number of hydrogen-bond acceptors (Lipinski definition) is 2. The lowest BCUT2D eigenvalue weighted by molar-refractivity contribution is -0.137. The summed E-state index contributed by atoms with van der Waals surface area (Å²) in [5, 5.41) is 2.66. The first-order valence-electron chi connectivity index (χ1n) is 6.30. The zero-order chi connectivity index (χ0) is 15.6. The summed E-state index contributed by atoms with van der Waals surface area (Å²) in [7, 11) is 0. The van der Waals surface area contributed by atoms with Gasteiger partial charge in [0.15, 0.2) is 0 Å². The van der Waals surface area contributed by atoms with Crippen LogP contribution in [-0.4, -0.2) is 21.5 Å². The van der Waals surface area contributed by atoms with E-state index in [4.69, 9.17) is 0 Å². The number of aromatic nitrogens is 2. The Morgan fingerprint density at radius 3 is 2.67 bits per heavy atom. The van der Waals surface area contributed by atoms with Gasteiger partial charge in [0.1, 0.15) is 12.0 Å². The molecule has 21 heavy (non-hydrogen) atoms. The van der Waals surface area contributed by atoms with Crippen molar-refractivity contribution < 1.29 is 18.0 Å². The number of carbonyl (C=O) groups excluding carboxylic acids is 1. The predicted octanol–water partition coefficient (Wildman–Crippen LogP) is 3.03. The van der Waals surface area contributed by atoms with Crippen LogP contribution in [0.2, 0.25) is 0 Å². The molecule has 0 radical (unpaired) electrons. The molecule has 7 heteroatoms. The van der Waals surface area contributed by atoms with E-state index < -0.39 is 11.7 Å². The number of carbonyl (C=O) groups is 1. The molecule has 0 aliphatic rings. The molecule has 1 heterocycles. The predicted molar refractivity (Wildman–Crippen MR) is 71.2 cm³/mol. The van der Waals surface area contributed by atoms with Crippen LogP contribution in [0.15, 0.2) is 36.8 Å². The maximum atomic E-state index is 12.7. The van der Waals surface area contributed by atoms with Crippen LogP contribution in [0, 0.1) is 0 Å². The lowest BCUT2D eigenvalue weighted by atomic mass is 10.2. The van der Waals surface area contributed by atoms with Gasteiger partial charge in [-0.05, 0) is 32.0 Å². The fraction of sp³-hybridized carbons (Fsp3) is 0.286. The van der Waals surface area contributed by atoms with Gasteiger partial charge in [0.05, 0.1) is 5.56 Å². The Bertz CT molecular complexity index is 647. The molecule has 4 nitrogen and oxygen atoms in total. The Labute approximate surface area is 119 Å². The number of benzene rings is 1. The van der Waals surface area contributed by atoms with Crippen molar-refractivity contribution >= 4 is 5.91 Å². The molecule has 1 aromatic heterocycles. The summed E-state index contributed by atoms with van der Waals surface area (Å²) in [6, 6.07) is 4.78. The van der Waals surface area contributed by atoms with Gasteiger partial charge in [-0.15, -0.1) is 0 Å². The van der Waals surface area contributed by atoms with Gasteiger partial charge in [-0.2, -0.15) is 13.2 Å². The SMILES string of the molecule is CC(C)NC(=O)c1cn(-c2cccc(C(F)(F)F)c2)cn1. The highest BCUT2D eigenvalue weighted by Gasteiger charge is 2.30. The van der Waals surface area contributed by atoms with Gasteiger partial charge in [-0.3, -0.25) is 4.79 Å². The molecule has 112 valence electrons. The molecule has 2 aromatic rings. The molecule has 0 unspecified atom stereocenters. The minimum absolute atomic E-state index is 0.0452. The maximum absolute atomic E-state index is 12.7. The van der Waals surface area contributed by atoms with Crippen LogP contribution in [0.1, 0.15) is 29.9 Å². The van der Waals surface area contributed by atoms with Crippen molar-refractivity contribution in [3.63, 3.8) is 0 Å². The third-order valence-electron chi connectivity index (χ3n) is 2.71. The van der Waals surface area contributed by atoms with E-state index in [0.717, 1.165) is 12.1 Å². The molecule has 0 fully saturated rings. The van der Waals surface area contributed by atoms with Crippen molar-refractivity contribution in [1.82, 2.24) is 14.9 Å². The quantitative estimate of drug-likeness (QED) is 0.946. The first kappa shape index (κ1) is 15.1. The summed E-state index contributed by atoms with van der Waals surface area (Å²) < 4.78 is 39.4. The second kappa shape index (κ2) is 5.59. The van der Waals surface area contributed by atoms with Crippen molar-refractivity contribution in [3.05, 3.63) is 48.0 Å². The second-order valence-corrected chi connectivity index (χ2v) is 4.84. The molecule has 1 N–H and O–H groups in total. The lowest BCUT2D eigenvalue weighted by Gasteiger charge is -2.09. The lowest BCUT2D eigenvalue weighted by Crippen LogP contribution is -2.30. The van der Waals surface area contributed by atoms with E-state index in [1.54, 1.807) is 0 Å². The fourth-order valence-electron chi connectivity index (χ4n) is 1.76. The third-order valence-corrected chi connectivity index (χ3v) is 2.71. The third kappa shape index (κ3) is 3.62. The molecular formula is C14H14F3N3O. The number of nitrogens with zero attached hydrogens (tertiary/aromatic N) is 2. The van der Waals surface area contributed by atoms with Crippen molar-refractivity contribution in [1.29, 1.82) is 0 Å². The number of nitrogens with one attached hydrogen (secondary N) is 1. The highest BCUT2D eigenvalue weighted by Crippen LogP contribution is 2.30. The highest BCUT2D eigenvalue weighted by atomic mass is 19.4. The van der Waals surface area contributed by atoms with E-state index in [-0.39, 0.29) is 17.6 Å². The van der Waals surface area contributed by atoms with Gasteiger partial charge in [-0.25, -0.2) is 4.98 Å². The maximum Gasteiger partial charge on any atom is 0.416 e. The minimum Gasteiger partial charge on any atom is -0.348 e. The first-order chi connectivity index (χ1) is 9.77. The zero-order valence-corrected chi connectivity index (χ0v) is 11.5. The molecular weight excluding hydrogens is 283 g/mol. The van der Waals surface area contributed by atoms with Crippen LogP contribution in [0.5, 0.6) is 0 Å². The van der Waals surface area contributed by atoms with Gasteiger partial charge in [-0.1, -0.05) is 6.07 Å². The average molecular weight is 297 g/mol. The van der Waals surface area contributed by atoms with E-state index in [1.165, 1.54) is 29.2 Å². The van der Waals surface area contributed by atoms with E-state index in [2.05, 4.69) is 10.3 Å². The van der Waals surface area contributed by atoms with Crippen LogP contribution in [0.3, 0.4) is 0 Å². The molecule has 1 amide bonds. The number of imidazole rings is 1. The number of alkyl halides is 3. The largest absolute Gasteiger partial charge is 0.416 e. The van der Waals surface area contributed by atoms with Crippen LogP contribution in [0.25, 0.3) is 5.69 Å². The molecule has 0 atom stereocenters. The van der Waals surface area contributed by atoms with Gasteiger partial charge < -0.3 is 9.88 Å². The van der Waals surface area contributed by atoms with E-state index in [9.17, 15) is 18.0 Å². The highest BCUT2D eigenvalue weighted by molar-refractivity contribution is 5.92. The summed E-state index contributed by atoms with van der Waals surface area (Å²) in [4.78, 5) is 15.7. The molecule has 0 saturated carbocycles. The number of rotatable bonds is 3. The Hall–Kier alpha value is -2.31. The van der Waals surface area contributed by atoms with Gasteiger partial charge >= 0.3 is 6.18 Å². The summed E-state index contributed by atoms with van der Waals surface area (Å²) in [5.74, 6) is -0.365. The van der Waals surface area contributed by atoms with Crippen molar-refractivity contribution in [2.24, 2.45) is 0 Å². The molecule has 0 bridgehead atoms. The van der Waals surface area contributed by atoms with E-state index in [0.29, 0.717) is 5.69 Å².